The number of hydrogen-bond donors (Lipinski definition) is 1. The van der Waals surface area contributed by atoms with Gasteiger partial charge >= 0.3 is 0 Å². The summed E-state index contributed by atoms with van der Waals surface area (Å²) in [6, 6.07) is 6.72. The van der Waals surface area contributed by atoms with Gasteiger partial charge in [0, 0.05) is 23.3 Å². The van der Waals surface area contributed by atoms with Crippen molar-refractivity contribution < 1.29 is 18.0 Å². The lowest BCUT2D eigenvalue weighted by Crippen LogP contribution is -2.70. The fourth-order valence-electron chi connectivity index (χ4n) is 4.15. The van der Waals surface area contributed by atoms with Gasteiger partial charge in [0.1, 0.15) is 5.54 Å². The van der Waals surface area contributed by atoms with Crippen molar-refractivity contribution in [1.29, 1.82) is 0 Å². The first-order chi connectivity index (χ1) is 13.7. The molecule has 1 aliphatic carbocycles. The number of nitrogens with one attached hydrogen (secondary N) is 1. The number of amides is 2. The summed E-state index contributed by atoms with van der Waals surface area (Å²) < 4.78 is 26.5. The molecule has 0 aromatic heterocycles. The van der Waals surface area contributed by atoms with Gasteiger partial charge in [0.05, 0.1) is 12.3 Å². The summed E-state index contributed by atoms with van der Waals surface area (Å²) >= 11 is 5.98. The molecule has 2 aliphatic rings. The molecule has 1 aliphatic heterocycles. The maximum atomic E-state index is 13.3. The molecule has 29 heavy (non-hydrogen) atoms. The van der Waals surface area contributed by atoms with Gasteiger partial charge in [-0.2, -0.15) is 4.31 Å². The Morgan fingerprint density at radius 3 is 2.45 bits per heavy atom. The summed E-state index contributed by atoms with van der Waals surface area (Å²) in [6.07, 6.45) is 4.35. The zero-order chi connectivity index (χ0) is 21.2. The number of carbonyl (C=O) groups excluding carboxylic acids is 2. The number of halogens is 1. The van der Waals surface area contributed by atoms with Crippen molar-refractivity contribution in [2.45, 2.75) is 57.5 Å². The maximum Gasteiger partial charge on any atom is 0.247 e. The second kappa shape index (κ2) is 8.62. The predicted octanol–water partition coefficient (Wildman–Crippen LogP) is 2.55. The van der Waals surface area contributed by atoms with Crippen LogP contribution in [0.25, 0.3) is 0 Å². The van der Waals surface area contributed by atoms with Crippen molar-refractivity contribution in [1.82, 2.24) is 9.62 Å². The average Bonchev–Trinajstić information content (AvgIpc) is 3.15. The monoisotopic (exact) mass is 441 g/mol. The van der Waals surface area contributed by atoms with Crippen LogP contribution in [0.15, 0.2) is 24.3 Å². The van der Waals surface area contributed by atoms with Crippen LogP contribution in [-0.2, 0) is 19.6 Å². The minimum Gasteiger partial charge on any atom is -0.351 e. The fraction of sp³-hybridized carbons (Fsp3) is 0.600. The Hall–Kier alpha value is -1.64. The fourth-order valence-corrected chi connectivity index (χ4v) is 5.81. The van der Waals surface area contributed by atoms with Crippen molar-refractivity contribution in [3.05, 3.63) is 29.3 Å². The molecule has 7 nitrogen and oxygen atoms in total. The summed E-state index contributed by atoms with van der Waals surface area (Å²) in [5.41, 5.74) is -0.831. The summed E-state index contributed by atoms with van der Waals surface area (Å²) in [5.74, 6) is -0.812. The molecule has 0 unspecified atom stereocenters. The molecular formula is C20H28ClN3O4S. The molecule has 1 saturated heterocycles. The standard InChI is InChI=1S/C20H28ClN3O4S/c1-3-12-29(27,28)23-13-18(25)24(17-10-8-15(21)9-11-17)20(2,14-23)19(26)22-16-6-4-5-7-16/h8-11,16H,3-7,12-14H2,1-2H3,(H,22,26)/t20-/m0/s1. The highest BCUT2D eigenvalue weighted by molar-refractivity contribution is 7.89. The Kier molecular flexibility index (Phi) is 6.55. The van der Waals surface area contributed by atoms with Gasteiger partial charge in [0.25, 0.3) is 0 Å². The van der Waals surface area contributed by atoms with Crippen LogP contribution in [0, 0.1) is 0 Å². The summed E-state index contributed by atoms with van der Waals surface area (Å²) in [6.45, 7) is 3.05. The molecule has 9 heteroatoms. The van der Waals surface area contributed by atoms with Gasteiger partial charge in [0.2, 0.25) is 21.8 Å². The van der Waals surface area contributed by atoms with E-state index in [2.05, 4.69) is 5.32 Å². The van der Waals surface area contributed by atoms with Crippen LogP contribution in [0.3, 0.4) is 0 Å². The van der Waals surface area contributed by atoms with E-state index in [1.807, 2.05) is 0 Å². The van der Waals surface area contributed by atoms with E-state index < -0.39 is 21.5 Å². The second-order valence-corrected chi connectivity index (χ2v) is 10.5. The number of benzene rings is 1. The molecule has 2 fully saturated rings. The quantitative estimate of drug-likeness (QED) is 0.734. The van der Waals surface area contributed by atoms with Gasteiger partial charge in [-0.05, 0) is 50.5 Å². The minimum absolute atomic E-state index is 0.0540. The lowest BCUT2D eigenvalue weighted by atomic mass is 9.94. The highest BCUT2D eigenvalue weighted by Gasteiger charge is 2.51. The van der Waals surface area contributed by atoms with Crippen LogP contribution in [0.2, 0.25) is 5.02 Å². The van der Waals surface area contributed by atoms with E-state index in [1.54, 1.807) is 38.1 Å². The Labute approximate surface area is 177 Å². The molecule has 1 aromatic rings. The van der Waals surface area contributed by atoms with Crippen LogP contribution >= 0.6 is 11.6 Å². The van der Waals surface area contributed by atoms with Crippen molar-refractivity contribution in [3.8, 4) is 0 Å². The van der Waals surface area contributed by atoms with Gasteiger partial charge < -0.3 is 5.32 Å². The van der Waals surface area contributed by atoms with Gasteiger partial charge in [-0.25, -0.2) is 8.42 Å². The van der Waals surface area contributed by atoms with Crippen molar-refractivity contribution in [2.75, 3.05) is 23.7 Å². The molecule has 1 saturated carbocycles. The Balaban J connectivity index is 1.98. The number of piperazine rings is 1. The van der Waals surface area contributed by atoms with Gasteiger partial charge in [-0.3, -0.25) is 14.5 Å². The maximum absolute atomic E-state index is 13.3. The largest absolute Gasteiger partial charge is 0.351 e. The molecule has 1 aromatic carbocycles. The van der Waals surface area contributed by atoms with E-state index in [-0.39, 0.29) is 30.8 Å². The Bertz CT molecular complexity index is 868. The smallest absolute Gasteiger partial charge is 0.247 e. The van der Waals surface area contributed by atoms with Crippen molar-refractivity contribution in [3.63, 3.8) is 0 Å². The van der Waals surface area contributed by atoms with E-state index >= 15 is 0 Å². The number of nitrogens with zero attached hydrogens (tertiary/aromatic N) is 2. The third-order valence-electron chi connectivity index (χ3n) is 5.66. The van der Waals surface area contributed by atoms with Crippen LogP contribution in [0.5, 0.6) is 0 Å². The average molecular weight is 442 g/mol. The molecule has 160 valence electrons. The molecule has 0 radical (unpaired) electrons. The van der Waals surface area contributed by atoms with E-state index in [0.717, 1.165) is 30.0 Å². The molecule has 0 spiro atoms. The second-order valence-electron chi connectivity index (χ2n) is 8.02. The van der Waals surface area contributed by atoms with Crippen LogP contribution in [-0.4, -0.2) is 55.0 Å². The molecule has 0 bridgehead atoms. The van der Waals surface area contributed by atoms with E-state index in [4.69, 9.17) is 11.6 Å². The normalized spacial score (nSPS) is 24.1. The lowest BCUT2D eigenvalue weighted by Gasteiger charge is -2.47. The first-order valence-corrected chi connectivity index (χ1v) is 12.0. The highest BCUT2D eigenvalue weighted by atomic mass is 35.5. The van der Waals surface area contributed by atoms with Crippen LogP contribution in [0.4, 0.5) is 5.69 Å². The van der Waals surface area contributed by atoms with Gasteiger partial charge in [-0.15, -0.1) is 0 Å². The zero-order valence-corrected chi connectivity index (χ0v) is 18.4. The third-order valence-corrected chi connectivity index (χ3v) is 7.88. The van der Waals surface area contributed by atoms with E-state index in [1.165, 1.54) is 4.90 Å². The van der Waals surface area contributed by atoms with Crippen LogP contribution in [0.1, 0.15) is 46.0 Å². The molecule has 1 atom stereocenters. The topological polar surface area (TPSA) is 86.8 Å². The number of anilines is 1. The number of hydrogen-bond acceptors (Lipinski definition) is 4. The number of carbonyl (C=O) groups is 2. The van der Waals surface area contributed by atoms with Crippen molar-refractivity contribution >= 4 is 39.1 Å². The first-order valence-electron chi connectivity index (χ1n) is 10.0. The molecule has 2 amide bonds. The highest BCUT2D eigenvalue weighted by Crippen LogP contribution is 2.32. The summed E-state index contributed by atoms with van der Waals surface area (Å²) in [4.78, 5) is 27.9. The van der Waals surface area contributed by atoms with E-state index in [9.17, 15) is 18.0 Å². The molecule has 3 rings (SSSR count). The van der Waals surface area contributed by atoms with Gasteiger partial charge in [0.15, 0.2) is 0 Å². The zero-order valence-electron chi connectivity index (χ0n) is 16.9. The number of sulfonamides is 1. The molecule has 1 heterocycles. The van der Waals surface area contributed by atoms with Gasteiger partial charge in [-0.1, -0.05) is 31.4 Å². The van der Waals surface area contributed by atoms with Crippen molar-refractivity contribution in [2.24, 2.45) is 0 Å². The minimum atomic E-state index is -3.63. The third kappa shape index (κ3) is 4.59. The summed E-state index contributed by atoms with van der Waals surface area (Å²) in [7, 11) is -3.63. The van der Waals surface area contributed by atoms with E-state index in [0.29, 0.717) is 17.1 Å². The molecular weight excluding hydrogens is 414 g/mol. The summed E-state index contributed by atoms with van der Waals surface area (Å²) in [5, 5.41) is 3.56. The SMILES string of the molecule is CCCS(=O)(=O)N1CC(=O)N(c2ccc(Cl)cc2)[C@](C)(C(=O)NC2CCCC2)C1. The first kappa shape index (κ1) is 22.1. The molecule has 1 N–H and O–H groups in total. The predicted molar refractivity (Wildman–Crippen MR) is 113 cm³/mol. The Morgan fingerprint density at radius 2 is 1.86 bits per heavy atom. The number of rotatable bonds is 6. The Morgan fingerprint density at radius 1 is 1.24 bits per heavy atom. The lowest BCUT2D eigenvalue weighted by molar-refractivity contribution is -0.133. The van der Waals surface area contributed by atoms with Crippen LogP contribution < -0.4 is 10.2 Å².